The van der Waals surface area contributed by atoms with E-state index >= 15 is 0 Å². The van der Waals surface area contributed by atoms with Crippen LogP contribution in [0.1, 0.15) is 43.5 Å². The lowest BCUT2D eigenvalue weighted by Gasteiger charge is -2.25. The zero-order chi connectivity index (χ0) is 16.7. The third-order valence-corrected chi connectivity index (χ3v) is 5.23. The van der Waals surface area contributed by atoms with E-state index in [1.165, 1.54) is 5.56 Å². The van der Waals surface area contributed by atoms with Gasteiger partial charge in [-0.05, 0) is 31.0 Å². The van der Waals surface area contributed by atoms with Crippen molar-refractivity contribution in [2.45, 2.75) is 38.8 Å². The number of aryl methyl sites for hydroxylation is 1. The van der Waals surface area contributed by atoms with Crippen molar-refractivity contribution < 1.29 is 9.53 Å². The molecule has 126 valence electrons. The number of para-hydroxylation sites is 1. The zero-order valence-corrected chi connectivity index (χ0v) is 14.2. The standard InChI is InChI=1S/C19H23N3O2/c1-3-22-17(8-10-20-22)18-15(9-11-24-18)19(23)21-12-13(2)14-6-4-5-7-16(14)21/h4-8,10,13,15,18H,3,9,11-12H2,1-2H3/t13-,15-,18-/m1/s1. The number of benzene rings is 1. The van der Waals surface area contributed by atoms with Gasteiger partial charge in [-0.2, -0.15) is 5.10 Å². The van der Waals surface area contributed by atoms with E-state index in [0.29, 0.717) is 12.5 Å². The van der Waals surface area contributed by atoms with Crippen LogP contribution in [0.25, 0.3) is 0 Å². The van der Waals surface area contributed by atoms with Crippen LogP contribution in [0.3, 0.4) is 0 Å². The van der Waals surface area contributed by atoms with Crippen LogP contribution >= 0.6 is 0 Å². The second-order valence-corrected chi connectivity index (χ2v) is 6.67. The second-order valence-electron chi connectivity index (χ2n) is 6.67. The van der Waals surface area contributed by atoms with Crippen LogP contribution in [0.4, 0.5) is 5.69 Å². The molecule has 3 heterocycles. The van der Waals surface area contributed by atoms with Crippen LogP contribution in [0.2, 0.25) is 0 Å². The van der Waals surface area contributed by atoms with Crippen LogP contribution in [0.5, 0.6) is 0 Å². The Hall–Kier alpha value is -2.14. The van der Waals surface area contributed by atoms with Gasteiger partial charge in [-0.15, -0.1) is 0 Å². The number of nitrogens with zero attached hydrogens (tertiary/aromatic N) is 3. The minimum atomic E-state index is -0.192. The molecule has 4 rings (SSSR count). The van der Waals surface area contributed by atoms with Gasteiger partial charge in [0.05, 0.1) is 11.6 Å². The molecule has 24 heavy (non-hydrogen) atoms. The van der Waals surface area contributed by atoms with Crippen molar-refractivity contribution >= 4 is 11.6 Å². The maximum Gasteiger partial charge on any atom is 0.233 e. The lowest BCUT2D eigenvalue weighted by atomic mass is 9.97. The van der Waals surface area contributed by atoms with Crippen LogP contribution in [-0.2, 0) is 16.1 Å². The Labute approximate surface area is 142 Å². The number of hydrogen-bond acceptors (Lipinski definition) is 3. The first-order valence-electron chi connectivity index (χ1n) is 8.74. The third-order valence-electron chi connectivity index (χ3n) is 5.23. The SMILES string of the molecule is CCn1nccc1[C@@H]1OCC[C@H]1C(=O)N1C[C@@H](C)c2ccccc21. The van der Waals surface area contributed by atoms with Gasteiger partial charge in [-0.1, -0.05) is 25.1 Å². The van der Waals surface area contributed by atoms with Gasteiger partial charge in [0.1, 0.15) is 6.10 Å². The summed E-state index contributed by atoms with van der Waals surface area (Å²) in [4.78, 5) is 15.2. The molecule has 2 aromatic rings. The van der Waals surface area contributed by atoms with E-state index in [-0.39, 0.29) is 17.9 Å². The van der Waals surface area contributed by atoms with Crippen LogP contribution in [-0.4, -0.2) is 28.8 Å². The van der Waals surface area contributed by atoms with Gasteiger partial charge in [0.25, 0.3) is 0 Å². The second kappa shape index (κ2) is 6.06. The van der Waals surface area contributed by atoms with Gasteiger partial charge >= 0.3 is 0 Å². The Balaban J connectivity index is 1.63. The summed E-state index contributed by atoms with van der Waals surface area (Å²) in [5.41, 5.74) is 3.33. The number of anilines is 1. The topological polar surface area (TPSA) is 47.4 Å². The molecule has 1 fully saturated rings. The van der Waals surface area contributed by atoms with E-state index in [4.69, 9.17) is 4.74 Å². The summed E-state index contributed by atoms with van der Waals surface area (Å²) < 4.78 is 7.87. The fourth-order valence-electron chi connectivity index (χ4n) is 4.01. The highest BCUT2D eigenvalue weighted by Gasteiger charge is 2.41. The van der Waals surface area contributed by atoms with Crippen molar-refractivity contribution in [1.82, 2.24) is 9.78 Å². The molecule has 0 N–H and O–H groups in total. The third kappa shape index (κ3) is 2.35. The number of carbonyl (C=O) groups is 1. The summed E-state index contributed by atoms with van der Waals surface area (Å²) in [7, 11) is 0. The number of ether oxygens (including phenoxy) is 1. The van der Waals surface area contributed by atoms with Crippen LogP contribution < -0.4 is 4.90 Å². The smallest absolute Gasteiger partial charge is 0.233 e. The Bertz CT molecular complexity index is 755. The molecule has 0 saturated carbocycles. The number of carbonyl (C=O) groups excluding carboxylic acids is 1. The molecule has 1 aromatic carbocycles. The Morgan fingerprint density at radius 1 is 1.33 bits per heavy atom. The van der Waals surface area contributed by atoms with Crippen molar-refractivity contribution in [2.24, 2.45) is 5.92 Å². The highest BCUT2D eigenvalue weighted by atomic mass is 16.5. The summed E-state index contributed by atoms with van der Waals surface area (Å²) >= 11 is 0. The predicted octanol–water partition coefficient (Wildman–Crippen LogP) is 3.13. The average Bonchev–Trinajstić information content (AvgIpc) is 3.32. The van der Waals surface area contributed by atoms with Gasteiger partial charge in [0.2, 0.25) is 5.91 Å². The fraction of sp³-hybridized carbons (Fsp3) is 0.474. The number of rotatable bonds is 3. The molecule has 0 aliphatic carbocycles. The van der Waals surface area contributed by atoms with E-state index in [2.05, 4.69) is 31.1 Å². The number of fused-ring (bicyclic) bond motifs is 1. The lowest BCUT2D eigenvalue weighted by Crippen LogP contribution is -2.36. The first-order valence-corrected chi connectivity index (χ1v) is 8.74. The molecule has 2 aliphatic rings. The van der Waals surface area contributed by atoms with Gasteiger partial charge < -0.3 is 9.64 Å². The van der Waals surface area contributed by atoms with Gasteiger partial charge in [0, 0.05) is 37.5 Å². The molecular formula is C19H23N3O2. The van der Waals surface area contributed by atoms with Gasteiger partial charge in [-0.25, -0.2) is 0 Å². The Morgan fingerprint density at radius 3 is 3.00 bits per heavy atom. The molecule has 1 amide bonds. The summed E-state index contributed by atoms with van der Waals surface area (Å²) in [6.45, 7) is 6.41. The monoisotopic (exact) mass is 325 g/mol. The minimum Gasteiger partial charge on any atom is -0.371 e. The average molecular weight is 325 g/mol. The highest BCUT2D eigenvalue weighted by Crippen LogP contribution is 2.41. The summed E-state index contributed by atoms with van der Waals surface area (Å²) in [5.74, 6) is 0.426. The van der Waals surface area contributed by atoms with E-state index in [9.17, 15) is 4.79 Å². The maximum atomic E-state index is 13.3. The molecule has 0 spiro atoms. The Morgan fingerprint density at radius 2 is 2.17 bits per heavy atom. The Kier molecular flexibility index (Phi) is 3.88. The molecule has 1 aromatic heterocycles. The first kappa shape index (κ1) is 15.4. The number of aromatic nitrogens is 2. The molecule has 5 heteroatoms. The highest BCUT2D eigenvalue weighted by molar-refractivity contribution is 5.97. The van der Waals surface area contributed by atoms with E-state index in [1.807, 2.05) is 27.8 Å². The summed E-state index contributed by atoms with van der Waals surface area (Å²) in [6.07, 6.45) is 2.36. The van der Waals surface area contributed by atoms with E-state index in [0.717, 1.165) is 30.9 Å². The molecule has 0 unspecified atom stereocenters. The van der Waals surface area contributed by atoms with Crippen molar-refractivity contribution in [3.8, 4) is 0 Å². The molecule has 0 bridgehead atoms. The summed E-state index contributed by atoms with van der Waals surface area (Å²) in [6, 6.07) is 10.2. The van der Waals surface area contributed by atoms with Gasteiger partial charge in [-0.3, -0.25) is 9.48 Å². The minimum absolute atomic E-state index is 0.134. The van der Waals surface area contributed by atoms with E-state index < -0.39 is 0 Å². The zero-order valence-electron chi connectivity index (χ0n) is 14.2. The lowest BCUT2D eigenvalue weighted by molar-refractivity contribution is -0.124. The normalized spacial score (nSPS) is 25.9. The predicted molar refractivity (Wildman–Crippen MR) is 91.9 cm³/mol. The van der Waals surface area contributed by atoms with Crippen molar-refractivity contribution in [1.29, 1.82) is 0 Å². The van der Waals surface area contributed by atoms with Crippen LogP contribution in [0.15, 0.2) is 36.5 Å². The molecule has 2 aliphatic heterocycles. The summed E-state index contributed by atoms with van der Waals surface area (Å²) in [5, 5.41) is 4.33. The van der Waals surface area contributed by atoms with E-state index in [1.54, 1.807) is 6.20 Å². The molecule has 3 atom stereocenters. The molecule has 5 nitrogen and oxygen atoms in total. The van der Waals surface area contributed by atoms with Crippen molar-refractivity contribution in [3.63, 3.8) is 0 Å². The van der Waals surface area contributed by atoms with Crippen molar-refractivity contribution in [2.75, 3.05) is 18.1 Å². The molecular weight excluding hydrogens is 302 g/mol. The van der Waals surface area contributed by atoms with Crippen LogP contribution in [0, 0.1) is 5.92 Å². The quantitative estimate of drug-likeness (QED) is 0.871. The largest absolute Gasteiger partial charge is 0.371 e. The maximum absolute atomic E-state index is 13.3. The first-order chi connectivity index (χ1) is 11.7. The van der Waals surface area contributed by atoms with Gasteiger partial charge in [0.15, 0.2) is 0 Å². The number of hydrogen-bond donors (Lipinski definition) is 0. The van der Waals surface area contributed by atoms with Crippen molar-refractivity contribution in [3.05, 3.63) is 47.8 Å². The molecule has 1 saturated heterocycles. The molecule has 0 radical (unpaired) electrons. The fourth-order valence-corrected chi connectivity index (χ4v) is 4.01. The number of amides is 1.